The number of rotatable bonds is 10. The number of halogens is 3. The van der Waals surface area contributed by atoms with Crippen molar-refractivity contribution in [1.29, 1.82) is 0 Å². The summed E-state index contributed by atoms with van der Waals surface area (Å²) in [6, 6.07) is 37.8. The van der Waals surface area contributed by atoms with Gasteiger partial charge in [0, 0.05) is 53.1 Å². The summed E-state index contributed by atoms with van der Waals surface area (Å²) in [5, 5.41) is 119. The van der Waals surface area contributed by atoms with Crippen molar-refractivity contribution >= 4 is 0 Å². The molecule has 3 heterocycles. The number of aryl methyl sites for hydroxylation is 4. The highest BCUT2D eigenvalue weighted by Crippen LogP contribution is 2.41. The van der Waals surface area contributed by atoms with Crippen LogP contribution in [0.25, 0.3) is 102 Å². The molecule has 0 aliphatic rings. The molecule has 12 rings (SSSR count). The van der Waals surface area contributed by atoms with Crippen LogP contribution in [0, 0.1) is 27.7 Å². The van der Waals surface area contributed by atoms with Gasteiger partial charge in [0.1, 0.15) is 74.7 Å². The second-order valence-electron chi connectivity index (χ2n) is 21.2. The Bertz CT molecular complexity index is 4650. The zero-order chi connectivity index (χ0) is 67.4. The Morgan fingerprint density at radius 2 is 0.547 bits per heavy atom. The molecule has 25 heteroatoms. The summed E-state index contributed by atoms with van der Waals surface area (Å²) in [5.74, 6) is -0.203. The Hall–Kier alpha value is -12.8. The van der Waals surface area contributed by atoms with Gasteiger partial charge in [-0.2, -0.15) is 13.2 Å². The van der Waals surface area contributed by atoms with E-state index < -0.39 is 11.7 Å². The molecular weight excluding hydrogens is 1230 g/mol. The normalized spacial score (nSPS) is 10.9. The third kappa shape index (κ3) is 15.0. The molecule has 3 aromatic heterocycles. The third-order valence-corrected chi connectivity index (χ3v) is 14.3. The number of phenolic OH excluding ortho intramolecular Hbond substituents is 12. The predicted molar refractivity (Wildman–Crippen MR) is 346 cm³/mol. The van der Waals surface area contributed by atoms with E-state index in [1.54, 1.807) is 7.11 Å². The quantitative estimate of drug-likeness (QED) is 0.0605. The Labute approximate surface area is 539 Å². The van der Waals surface area contributed by atoms with Gasteiger partial charge in [-0.3, -0.25) is 0 Å². The number of alkyl halides is 3. The van der Waals surface area contributed by atoms with Crippen LogP contribution < -0.4 is 4.74 Å². The minimum Gasteiger partial charge on any atom is -0.508 e. The first-order valence-electron chi connectivity index (χ1n) is 28.0. The van der Waals surface area contributed by atoms with Gasteiger partial charge in [-0.1, -0.05) is 37.3 Å². The Balaban J connectivity index is 0.000000167. The predicted octanol–water partition coefficient (Wildman–Crippen LogP) is 14.0. The van der Waals surface area contributed by atoms with Crippen LogP contribution in [-0.4, -0.2) is 113 Å². The maximum atomic E-state index is 12.9. The monoisotopic (exact) mass is 1290 g/mol. The number of benzene rings is 9. The summed E-state index contributed by atoms with van der Waals surface area (Å²) in [6.07, 6.45) is -4.51. The molecule has 12 aromatic rings. The number of hydrogen-bond acceptors (Lipinski definition) is 22. The fourth-order valence-corrected chi connectivity index (χ4v) is 9.67. The molecule has 0 spiro atoms. The van der Waals surface area contributed by atoms with Crippen molar-refractivity contribution in [1.82, 2.24) is 44.9 Å². The average Bonchev–Trinajstić information content (AvgIpc) is 0.815. The van der Waals surface area contributed by atoms with E-state index in [0.29, 0.717) is 28.3 Å². The standard InChI is InChI=1S/C24H21N3O5.C23H19N3O4.C22H14F3N3O4.CH4/c1-12-8-14(9-13(2)21(12)32-3)22-25-23(17-6-4-15(28)10-19(17)30)27-24(26-22)18-7-5-16(29)11-20(18)31;1-12-3-4-13(2)18(9-12)23-25-21(16-7-5-14(27)10-19(16)29)24-22(26-23)17-8-6-15(28)11-20(17)30;23-22(24,25)12-3-1-11(2-4-12)19-26-20(15-7-5-13(29)9-17(15)31)28-21(27-19)16-8-6-14(30)10-18(16)32;/h4-11,28-31H,1-3H3;3-11,27-30H,1-2H3;1-10,29-32H;1H4. The third-order valence-electron chi connectivity index (χ3n) is 14.3. The van der Waals surface area contributed by atoms with Crippen molar-refractivity contribution < 1.29 is 79.2 Å². The minimum absolute atomic E-state index is 0. The van der Waals surface area contributed by atoms with E-state index in [1.165, 1.54) is 109 Å². The molecule has 0 aliphatic heterocycles. The molecule has 0 atom stereocenters. The van der Waals surface area contributed by atoms with Gasteiger partial charge >= 0.3 is 6.18 Å². The van der Waals surface area contributed by atoms with Gasteiger partial charge < -0.3 is 66.0 Å². The number of nitrogens with zero attached hydrogens (tertiary/aromatic N) is 9. The van der Waals surface area contributed by atoms with E-state index in [4.69, 9.17) is 4.74 Å². The van der Waals surface area contributed by atoms with Gasteiger partial charge in [0.15, 0.2) is 52.4 Å². The summed E-state index contributed by atoms with van der Waals surface area (Å²) in [5.41, 5.74) is 6.07. The lowest BCUT2D eigenvalue weighted by molar-refractivity contribution is -0.137. The van der Waals surface area contributed by atoms with Gasteiger partial charge in [0.2, 0.25) is 0 Å². The number of methoxy groups -OCH3 is 1. The smallest absolute Gasteiger partial charge is 0.416 e. The van der Waals surface area contributed by atoms with Crippen LogP contribution in [0.5, 0.6) is 74.7 Å². The summed E-state index contributed by atoms with van der Waals surface area (Å²) >= 11 is 0. The molecule has 12 N–H and O–H groups in total. The molecule has 0 aliphatic carbocycles. The highest BCUT2D eigenvalue weighted by molar-refractivity contribution is 5.77. The maximum Gasteiger partial charge on any atom is 0.416 e. The highest BCUT2D eigenvalue weighted by Gasteiger charge is 2.30. The molecule has 0 saturated carbocycles. The first-order valence-corrected chi connectivity index (χ1v) is 28.0. The van der Waals surface area contributed by atoms with Crippen molar-refractivity contribution in [2.24, 2.45) is 0 Å². The zero-order valence-corrected chi connectivity index (χ0v) is 50.0. The van der Waals surface area contributed by atoms with Gasteiger partial charge in [-0.25, -0.2) is 44.9 Å². The van der Waals surface area contributed by atoms with Crippen molar-refractivity contribution in [3.05, 3.63) is 192 Å². The van der Waals surface area contributed by atoms with Crippen molar-refractivity contribution in [2.75, 3.05) is 7.11 Å². The number of aromatic nitrogens is 9. The topological polar surface area (TPSA) is 368 Å². The van der Waals surface area contributed by atoms with Crippen LogP contribution in [0.1, 0.15) is 35.2 Å². The molecule has 0 amide bonds. The lowest BCUT2D eigenvalue weighted by Gasteiger charge is -2.13. The Morgan fingerprint density at radius 1 is 0.284 bits per heavy atom. The first-order chi connectivity index (χ1) is 44.7. The molecule has 95 heavy (non-hydrogen) atoms. The van der Waals surface area contributed by atoms with Crippen LogP contribution in [0.2, 0.25) is 0 Å². The van der Waals surface area contributed by atoms with Crippen LogP contribution in [0.4, 0.5) is 13.2 Å². The van der Waals surface area contributed by atoms with E-state index in [1.807, 2.05) is 58.0 Å². The van der Waals surface area contributed by atoms with Crippen molar-refractivity contribution in [2.45, 2.75) is 41.3 Å². The summed E-state index contributed by atoms with van der Waals surface area (Å²) < 4.78 is 44.2. The molecule has 9 aromatic carbocycles. The molecule has 22 nitrogen and oxygen atoms in total. The molecular formula is C70H58F3N9O13. The maximum absolute atomic E-state index is 12.9. The lowest BCUT2D eigenvalue weighted by atomic mass is 10.0. The van der Waals surface area contributed by atoms with Gasteiger partial charge in [-0.15, -0.1) is 0 Å². The Kier molecular flexibility index (Phi) is 19.2. The SMILES string of the molecule is C.COc1c(C)cc(-c2nc(-c3ccc(O)cc3O)nc(-c3ccc(O)cc3O)n2)cc1C.Cc1ccc(C)c(-c2nc(-c3ccc(O)cc3O)nc(-c3ccc(O)cc3O)n2)c1.Oc1ccc(-c2nc(-c3ccc(C(F)(F)F)cc3)nc(-c3ccc(O)cc3O)n2)c(O)c1. The van der Waals surface area contributed by atoms with Crippen molar-refractivity contribution in [3.8, 4) is 177 Å². The van der Waals surface area contributed by atoms with Crippen molar-refractivity contribution in [3.63, 3.8) is 0 Å². The van der Waals surface area contributed by atoms with Crippen LogP contribution in [-0.2, 0) is 6.18 Å². The van der Waals surface area contributed by atoms with Crippen LogP contribution in [0.3, 0.4) is 0 Å². The van der Waals surface area contributed by atoms with E-state index in [0.717, 1.165) is 57.8 Å². The second-order valence-corrected chi connectivity index (χ2v) is 21.2. The Morgan fingerprint density at radius 3 is 0.811 bits per heavy atom. The molecule has 0 bridgehead atoms. The van der Waals surface area contributed by atoms with E-state index in [2.05, 4.69) is 44.9 Å². The minimum atomic E-state index is -4.51. The van der Waals surface area contributed by atoms with E-state index in [-0.39, 0.29) is 145 Å². The van der Waals surface area contributed by atoms with Gasteiger partial charge in [0.05, 0.1) is 46.1 Å². The number of hydrogen-bond donors (Lipinski definition) is 12. The molecule has 482 valence electrons. The molecule has 0 fully saturated rings. The first kappa shape index (κ1) is 66.6. The second kappa shape index (κ2) is 27.3. The highest BCUT2D eigenvalue weighted by atomic mass is 19.4. The molecule has 0 radical (unpaired) electrons. The largest absolute Gasteiger partial charge is 0.508 e. The average molecular weight is 1290 g/mol. The number of ether oxygens (including phenoxy) is 1. The van der Waals surface area contributed by atoms with E-state index >= 15 is 0 Å². The zero-order valence-electron chi connectivity index (χ0n) is 50.0. The fraction of sp³-hybridized carbons (Fsp3) is 0.100. The summed E-state index contributed by atoms with van der Waals surface area (Å²) in [4.78, 5) is 39.8. The molecule has 0 unspecified atom stereocenters. The van der Waals surface area contributed by atoms with Gasteiger partial charge in [0.25, 0.3) is 0 Å². The molecule has 0 saturated heterocycles. The summed E-state index contributed by atoms with van der Waals surface area (Å²) in [7, 11) is 1.61. The van der Waals surface area contributed by atoms with E-state index in [9.17, 15) is 74.4 Å². The van der Waals surface area contributed by atoms with Crippen LogP contribution >= 0.6 is 0 Å². The lowest BCUT2D eigenvalue weighted by Crippen LogP contribution is -2.05. The number of aromatic hydroxyl groups is 12. The number of phenols is 12. The summed E-state index contributed by atoms with van der Waals surface area (Å²) in [6.45, 7) is 7.73. The fourth-order valence-electron chi connectivity index (χ4n) is 9.67. The van der Waals surface area contributed by atoms with Crippen LogP contribution in [0.15, 0.2) is 164 Å². The van der Waals surface area contributed by atoms with Gasteiger partial charge in [-0.05, 0) is 148 Å².